The van der Waals surface area contributed by atoms with Crippen LogP contribution in [0.3, 0.4) is 0 Å². The summed E-state index contributed by atoms with van der Waals surface area (Å²) in [5, 5.41) is 20.6. The van der Waals surface area contributed by atoms with Gasteiger partial charge in [-0.3, -0.25) is 9.59 Å². The van der Waals surface area contributed by atoms with Crippen molar-refractivity contribution in [3.05, 3.63) is 41.0 Å². The zero-order valence-corrected chi connectivity index (χ0v) is 25.5. The van der Waals surface area contributed by atoms with Crippen LogP contribution < -0.4 is 40.6 Å². The molecule has 12 heteroatoms. The van der Waals surface area contributed by atoms with Crippen molar-refractivity contribution in [2.75, 3.05) is 60.3 Å². The smallest absolute Gasteiger partial charge is 0.310 e. The number of cyclic esters (lactones) is 1. The molecule has 1 fully saturated rings. The number of methoxy groups -OCH3 is 2. The van der Waals surface area contributed by atoms with Gasteiger partial charge in [-0.15, -0.1) is 0 Å². The van der Waals surface area contributed by atoms with Crippen LogP contribution in [0, 0.1) is 11.8 Å². The Morgan fingerprint density at radius 1 is 0.909 bits per heavy atom. The van der Waals surface area contributed by atoms with E-state index in [1.165, 1.54) is 14.2 Å². The zero-order chi connectivity index (χ0) is 31.1. The number of carbonyl (C=O) groups is 2. The van der Waals surface area contributed by atoms with Gasteiger partial charge in [0.2, 0.25) is 18.4 Å². The number of phenols is 1. The molecule has 240 valence electrons. The molecule has 4 atom stereocenters. The molecule has 2 unspecified atom stereocenters. The van der Waals surface area contributed by atoms with Gasteiger partial charge in [-0.05, 0) is 99.4 Å². The molecule has 5 rings (SSSR count). The summed E-state index contributed by atoms with van der Waals surface area (Å²) in [6, 6.07) is 6.75. The van der Waals surface area contributed by atoms with Gasteiger partial charge in [-0.1, -0.05) is 0 Å². The van der Waals surface area contributed by atoms with Gasteiger partial charge >= 0.3 is 5.97 Å². The largest absolute Gasteiger partial charge is 0.502 e. The van der Waals surface area contributed by atoms with Gasteiger partial charge < -0.3 is 50.5 Å². The maximum absolute atomic E-state index is 13.3. The van der Waals surface area contributed by atoms with Gasteiger partial charge in [-0.2, -0.15) is 0 Å². The fourth-order valence-corrected chi connectivity index (χ4v) is 6.44. The molecule has 3 aliphatic rings. The fraction of sp³-hybridized carbons (Fsp3) is 0.562. The van der Waals surface area contributed by atoms with Crippen molar-refractivity contribution < 1.29 is 38.4 Å². The van der Waals surface area contributed by atoms with E-state index in [0.29, 0.717) is 36.4 Å². The standard InChI is InChI=1S/C32H44N4O8/c1-40-25-13-19(14-26(41-2)31(25)38)28-20-15-23-24(44-18-43-23)16-21(20)30(22-17-42-32(39)29(22)28)36-27(37)7-5-11-34-9-3-4-10-35-12-6-8-33/h13-16,22,28-30,34-35,38H,3-12,17-18,33H2,1-2H3,(H,36,37)/t22?,28-,29+,30?/m1/s1. The summed E-state index contributed by atoms with van der Waals surface area (Å²) in [7, 11) is 2.92. The Balaban J connectivity index is 1.30. The first kappa shape index (κ1) is 31.7. The second kappa shape index (κ2) is 14.8. The maximum Gasteiger partial charge on any atom is 0.310 e. The Kier molecular flexibility index (Phi) is 10.7. The summed E-state index contributed by atoms with van der Waals surface area (Å²) in [4.78, 5) is 26.6. The molecule has 0 radical (unpaired) electrons. The number of nitrogens with two attached hydrogens (primary N) is 1. The molecular formula is C32H44N4O8. The minimum atomic E-state index is -0.585. The summed E-state index contributed by atoms with van der Waals surface area (Å²) in [6.07, 6.45) is 4.19. The first-order chi connectivity index (χ1) is 21.5. The summed E-state index contributed by atoms with van der Waals surface area (Å²) < 4.78 is 27.9. The molecule has 44 heavy (non-hydrogen) atoms. The third kappa shape index (κ3) is 6.82. The Morgan fingerprint density at radius 3 is 2.16 bits per heavy atom. The second-order valence-electron chi connectivity index (χ2n) is 11.4. The van der Waals surface area contributed by atoms with Crippen molar-refractivity contribution in [3.8, 4) is 28.7 Å². The molecular weight excluding hydrogens is 568 g/mol. The quantitative estimate of drug-likeness (QED) is 0.140. The van der Waals surface area contributed by atoms with Crippen LogP contribution in [-0.2, 0) is 14.3 Å². The van der Waals surface area contributed by atoms with Crippen LogP contribution in [0.5, 0.6) is 28.7 Å². The number of nitrogens with one attached hydrogen (secondary N) is 3. The number of benzene rings is 2. The lowest BCUT2D eigenvalue weighted by Gasteiger charge is -2.39. The van der Waals surface area contributed by atoms with E-state index in [9.17, 15) is 14.7 Å². The Hall–Kier alpha value is -3.74. The van der Waals surface area contributed by atoms with Crippen LogP contribution in [0.4, 0.5) is 0 Å². The van der Waals surface area contributed by atoms with Gasteiger partial charge in [0.25, 0.3) is 0 Å². The average molecular weight is 613 g/mol. The first-order valence-electron chi connectivity index (χ1n) is 15.4. The van der Waals surface area contributed by atoms with Gasteiger partial charge in [0.05, 0.1) is 32.8 Å². The minimum absolute atomic E-state index is 0.0889. The number of rotatable bonds is 16. The Morgan fingerprint density at radius 2 is 1.52 bits per heavy atom. The second-order valence-corrected chi connectivity index (χ2v) is 11.4. The Bertz CT molecular complexity index is 1300. The molecule has 2 heterocycles. The van der Waals surface area contributed by atoms with Gasteiger partial charge in [-0.25, -0.2) is 0 Å². The van der Waals surface area contributed by atoms with E-state index in [1.807, 2.05) is 12.1 Å². The number of hydrogen-bond donors (Lipinski definition) is 5. The van der Waals surface area contributed by atoms with E-state index in [1.54, 1.807) is 12.1 Å². The van der Waals surface area contributed by atoms with Crippen LogP contribution >= 0.6 is 0 Å². The van der Waals surface area contributed by atoms with Gasteiger partial charge in [0.15, 0.2) is 23.0 Å². The van der Waals surface area contributed by atoms with Crippen molar-refractivity contribution in [1.29, 1.82) is 0 Å². The molecule has 0 saturated carbocycles. The van der Waals surface area contributed by atoms with Crippen LogP contribution in [0.25, 0.3) is 0 Å². The van der Waals surface area contributed by atoms with Crippen LogP contribution in [0.2, 0.25) is 0 Å². The van der Waals surface area contributed by atoms with Crippen molar-refractivity contribution in [2.24, 2.45) is 17.6 Å². The Labute approximate surface area is 257 Å². The van der Waals surface area contributed by atoms with Crippen LogP contribution in [0.15, 0.2) is 24.3 Å². The van der Waals surface area contributed by atoms with E-state index in [4.69, 9.17) is 29.4 Å². The SMILES string of the molecule is COc1cc([C@@H]2c3cc4c(cc3C(NC(=O)CCCNCCCCNCCCN)C3COC(=O)[C@@H]32)OCO4)cc(OC)c1O. The number of unbranched alkanes of at least 4 members (excludes halogenated alkanes) is 1. The molecule has 6 N–H and O–H groups in total. The monoisotopic (exact) mass is 612 g/mol. The number of hydrogen-bond acceptors (Lipinski definition) is 11. The highest BCUT2D eigenvalue weighted by Gasteiger charge is 2.53. The molecule has 1 aliphatic carbocycles. The topological polar surface area (TPSA) is 163 Å². The lowest BCUT2D eigenvalue weighted by molar-refractivity contribution is -0.141. The molecule has 1 saturated heterocycles. The highest BCUT2D eigenvalue weighted by atomic mass is 16.7. The highest BCUT2D eigenvalue weighted by molar-refractivity contribution is 5.81. The lowest BCUT2D eigenvalue weighted by Crippen LogP contribution is -2.42. The van der Waals surface area contributed by atoms with Crippen LogP contribution in [0.1, 0.15) is 60.8 Å². The molecule has 0 bridgehead atoms. The van der Waals surface area contributed by atoms with E-state index >= 15 is 0 Å². The van der Waals surface area contributed by atoms with Gasteiger partial charge in [0, 0.05) is 18.3 Å². The summed E-state index contributed by atoms with van der Waals surface area (Å²) in [5.74, 6) is -0.298. The predicted molar refractivity (Wildman–Crippen MR) is 162 cm³/mol. The summed E-state index contributed by atoms with van der Waals surface area (Å²) >= 11 is 0. The zero-order valence-electron chi connectivity index (χ0n) is 25.5. The van der Waals surface area contributed by atoms with Crippen molar-refractivity contribution in [3.63, 3.8) is 0 Å². The maximum atomic E-state index is 13.3. The lowest BCUT2D eigenvalue weighted by atomic mass is 9.65. The van der Waals surface area contributed by atoms with Crippen molar-refractivity contribution >= 4 is 11.9 Å². The van der Waals surface area contributed by atoms with E-state index in [2.05, 4.69) is 16.0 Å². The average Bonchev–Trinajstić information content (AvgIpc) is 3.65. The highest BCUT2D eigenvalue weighted by Crippen LogP contribution is 2.55. The van der Waals surface area contributed by atoms with E-state index < -0.39 is 17.9 Å². The number of ether oxygens (including phenoxy) is 5. The van der Waals surface area contributed by atoms with Crippen LogP contribution in [-0.4, -0.2) is 77.3 Å². The summed E-state index contributed by atoms with van der Waals surface area (Å²) in [6.45, 7) is 4.56. The number of aromatic hydroxyl groups is 1. The first-order valence-corrected chi connectivity index (χ1v) is 15.4. The third-order valence-corrected chi connectivity index (χ3v) is 8.64. The normalized spacial score (nSPS) is 21.4. The molecule has 0 spiro atoms. The minimum Gasteiger partial charge on any atom is -0.502 e. The van der Waals surface area contributed by atoms with Crippen molar-refractivity contribution in [2.45, 2.75) is 44.1 Å². The molecule has 2 aliphatic heterocycles. The van der Waals surface area contributed by atoms with E-state index in [-0.39, 0.29) is 48.4 Å². The molecule has 2 aromatic rings. The number of esters is 1. The predicted octanol–water partition coefficient (Wildman–Crippen LogP) is 2.32. The number of fused-ring (bicyclic) bond motifs is 3. The number of carbonyl (C=O) groups excluding carboxylic acids is 2. The number of amides is 1. The molecule has 2 aromatic carbocycles. The fourth-order valence-electron chi connectivity index (χ4n) is 6.44. The molecule has 12 nitrogen and oxygen atoms in total. The van der Waals surface area contributed by atoms with E-state index in [0.717, 1.165) is 56.6 Å². The number of phenolic OH excluding ortho intramolecular Hbond substituents is 1. The van der Waals surface area contributed by atoms with Crippen molar-refractivity contribution in [1.82, 2.24) is 16.0 Å². The third-order valence-electron chi connectivity index (χ3n) is 8.64. The molecule has 1 amide bonds. The molecule has 0 aromatic heterocycles. The van der Waals surface area contributed by atoms with Gasteiger partial charge in [0.1, 0.15) is 0 Å². The summed E-state index contributed by atoms with van der Waals surface area (Å²) in [5.41, 5.74) is 7.88.